The molecule has 1 N–H and O–H groups in total. The van der Waals surface area contributed by atoms with E-state index in [0.717, 1.165) is 54.6 Å². The molecule has 3 aromatic rings. The molecule has 5 rings (SSSR count). The lowest BCUT2D eigenvalue weighted by molar-refractivity contribution is 0.302. The molecule has 3 heterocycles. The third kappa shape index (κ3) is 4.19. The number of nitrogens with zero attached hydrogens (tertiary/aromatic N) is 4. The van der Waals surface area contributed by atoms with Crippen LogP contribution in [-0.2, 0) is 6.54 Å². The lowest BCUT2D eigenvalue weighted by Crippen LogP contribution is -2.29. The van der Waals surface area contributed by atoms with Crippen molar-refractivity contribution in [3.05, 3.63) is 70.4 Å². The Labute approximate surface area is 195 Å². The molecule has 0 bridgehead atoms. The molecule has 1 aromatic heterocycles. The van der Waals surface area contributed by atoms with Gasteiger partial charge in [-0.25, -0.2) is 4.68 Å². The average molecular weight is 448 g/mol. The summed E-state index contributed by atoms with van der Waals surface area (Å²) >= 11 is 6.26. The number of rotatable bonds is 5. The molecule has 2 aromatic carbocycles. The molecule has 1 unspecified atom stereocenters. The number of aromatic nitrogens is 3. The predicted octanol–water partition coefficient (Wildman–Crippen LogP) is 5.96. The number of anilines is 1. The van der Waals surface area contributed by atoms with Crippen LogP contribution in [0.2, 0.25) is 5.02 Å². The quantitative estimate of drug-likeness (QED) is 0.523. The number of nitrogens with one attached hydrogen (secondary N) is 1. The number of aryl methyl sites for hydroxylation is 2. The van der Waals surface area contributed by atoms with Gasteiger partial charge < -0.3 is 5.32 Å². The maximum absolute atomic E-state index is 6.26. The molecular weight excluding hydrogens is 418 g/mol. The van der Waals surface area contributed by atoms with E-state index < -0.39 is 0 Å². The molecule has 0 amide bonds. The largest absolute Gasteiger partial charge is 0.378 e. The molecule has 32 heavy (non-hydrogen) atoms. The van der Waals surface area contributed by atoms with E-state index in [0.29, 0.717) is 0 Å². The summed E-state index contributed by atoms with van der Waals surface area (Å²) in [7, 11) is 0. The highest BCUT2D eigenvalue weighted by Gasteiger charge is 2.26. The standard InChI is InChI=1S/C26H30ClN5/c1-3-12-31-13-9-19(10-14-31)20-7-8-23-24(16-20)25(28-22-6-4-5-21(27)17-22)11-15-32-26(23)18(2)29-30-32/h4-9,16-17,25,28H,3,10-15H2,1-2H3. The maximum atomic E-state index is 6.26. The van der Waals surface area contributed by atoms with Gasteiger partial charge in [0.2, 0.25) is 0 Å². The summed E-state index contributed by atoms with van der Waals surface area (Å²) in [6.45, 7) is 8.48. The molecule has 0 saturated carbocycles. The highest BCUT2D eigenvalue weighted by molar-refractivity contribution is 6.30. The molecule has 166 valence electrons. The van der Waals surface area contributed by atoms with Crippen molar-refractivity contribution in [1.82, 2.24) is 19.9 Å². The van der Waals surface area contributed by atoms with Crippen LogP contribution in [-0.4, -0.2) is 39.5 Å². The minimum absolute atomic E-state index is 0.172. The van der Waals surface area contributed by atoms with Gasteiger partial charge in [0.05, 0.1) is 17.4 Å². The second-order valence-electron chi connectivity index (χ2n) is 8.82. The minimum atomic E-state index is 0.172. The SMILES string of the molecule is CCCN1CC=C(c2ccc3c(c2)C(Nc2cccc(Cl)c2)CCn2nnc(C)c2-3)CC1. The molecule has 2 aliphatic rings. The van der Waals surface area contributed by atoms with Crippen molar-refractivity contribution in [3.8, 4) is 11.3 Å². The molecule has 0 radical (unpaired) electrons. The van der Waals surface area contributed by atoms with Crippen molar-refractivity contribution < 1.29 is 0 Å². The van der Waals surface area contributed by atoms with Gasteiger partial charge in [0.15, 0.2) is 0 Å². The van der Waals surface area contributed by atoms with Crippen LogP contribution in [0.5, 0.6) is 0 Å². The summed E-state index contributed by atoms with van der Waals surface area (Å²) < 4.78 is 2.05. The Balaban J connectivity index is 1.53. The van der Waals surface area contributed by atoms with Crippen LogP contribution in [0.3, 0.4) is 0 Å². The molecule has 2 aliphatic heterocycles. The van der Waals surface area contributed by atoms with E-state index in [1.807, 2.05) is 25.1 Å². The van der Waals surface area contributed by atoms with Crippen LogP contribution >= 0.6 is 11.6 Å². The highest BCUT2D eigenvalue weighted by Crippen LogP contribution is 2.39. The van der Waals surface area contributed by atoms with Crippen LogP contribution in [0, 0.1) is 6.92 Å². The second kappa shape index (κ2) is 9.08. The van der Waals surface area contributed by atoms with E-state index in [-0.39, 0.29) is 6.04 Å². The summed E-state index contributed by atoms with van der Waals surface area (Å²) in [5.41, 5.74) is 8.47. The molecule has 1 atom stereocenters. The Hall–Kier alpha value is -2.63. The smallest absolute Gasteiger partial charge is 0.0918 e. The Bertz CT molecular complexity index is 1150. The fourth-order valence-electron chi connectivity index (χ4n) is 4.99. The van der Waals surface area contributed by atoms with Crippen molar-refractivity contribution in [2.24, 2.45) is 0 Å². The first-order chi connectivity index (χ1) is 15.6. The average Bonchev–Trinajstić information content (AvgIpc) is 3.09. The Morgan fingerprint density at radius 1 is 1.16 bits per heavy atom. The summed E-state index contributed by atoms with van der Waals surface area (Å²) in [6.07, 6.45) is 5.65. The summed E-state index contributed by atoms with van der Waals surface area (Å²) in [6, 6.07) is 15.1. The Kier molecular flexibility index (Phi) is 6.03. The zero-order valence-electron chi connectivity index (χ0n) is 18.8. The summed E-state index contributed by atoms with van der Waals surface area (Å²) in [4.78, 5) is 2.53. The van der Waals surface area contributed by atoms with Crippen molar-refractivity contribution in [2.45, 2.75) is 45.7 Å². The van der Waals surface area contributed by atoms with Gasteiger partial charge in [-0.15, -0.1) is 5.10 Å². The number of fused-ring (bicyclic) bond motifs is 3. The van der Waals surface area contributed by atoms with E-state index >= 15 is 0 Å². The van der Waals surface area contributed by atoms with E-state index in [2.05, 4.69) is 62.5 Å². The van der Waals surface area contributed by atoms with Gasteiger partial charge in [-0.1, -0.05) is 48.0 Å². The van der Waals surface area contributed by atoms with E-state index in [4.69, 9.17) is 11.6 Å². The summed E-state index contributed by atoms with van der Waals surface area (Å²) in [5, 5.41) is 13.3. The van der Waals surface area contributed by atoms with Crippen LogP contribution in [0.1, 0.15) is 49.0 Å². The van der Waals surface area contributed by atoms with Gasteiger partial charge in [-0.3, -0.25) is 4.90 Å². The van der Waals surface area contributed by atoms with Gasteiger partial charge >= 0.3 is 0 Å². The Morgan fingerprint density at radius 2 is 2.06 bits per heavy atom. The molecular formula is C26H30ClN5. The molecule has 0 fully saturated rings. The van der Waals surface area contributed by atoms with Gasteiger partial charge in [0, 0.05) is 35.9 Å². The monoisotopic (exact) mass is 447 g/mol. The van der Waals surface area contributed by atoms with Crippen LogP contribution in [0.15, 0.2) is 48.5 Å². The lowest BCUT2D eigenvalue weighted by atomic mass is 9.90. The van der Waals surface area contributed by atoms with Gasteiger partial charge in [0.1, 0.15) is 0 Å². The molecule has 6 heteroatoms. The van der Waals surface area contributed by atoms with Gasteiger partial charge in [0.25, 0.3) is 0 Å². The topological polar surface area (TPSA) is 46.0 Å². The fourth-order valence-corrected chi connectivity index (χ4v) is 5.18. The highest BCUT2D eigenvalue weighted by atomic mass is 35.5. The Morgan fingerprint density at radius 3 is 2.84 bits per heavy atom. The van der Waals surface area contributed by atoms with Crippen molar-refractivity contribution in [2.75, 3.05) is 25.0 Å². The van der Waals surface area contributed by atoms with Crippen LogP contribution in [0.4, 0.5) is 5.69 Å². The molecule has 0 spiro atoms. The zero-order valence-corrected chi connectivity index (χ0v) is 19.6. The fraction of sp³-hybridized carbons (Fsp3) is 0.385. The predicted molar refractivity (Wildman–Crippen MR) is 132 cm³/mol. The van der Waals surface area contributed by atoms with Gasteiger partial charge in [-0.2, -0.15) is 0 Å². The number of benzene rings is 2. The molecule has 0 aliphatic carbocycles. The molecule has 5 nitrogen and oxygen atoms in total. The van der Waals surface area contributed by atoms with Crippen molar-refractivity contribution in [3.63, 3.8) is 0 Å². The first-order valence-electron chi connectivity index (χ1n) is 11.6. The number of halogens is 1. The van der Waals surface area contributed by atoms with E-state index in [1.165, 1.54) is 35.2 Å². The van der Waals surface area contributed by atoms with E-state index in [9.17, 15) is 0 Å². The van der Waals surface area contributed by atoms with Crippen molar-refractivity contribution >= 4 is 22.9 Å². The number of hydrogen-bond donors (Lipinski definition) is 1. The van der Waals surface area contributed by atoms with Gasteiger partial charge in [-0.05, 0) is 73.7 Å². The summed E-state index contributed by atoms with van der Waals surface area (Å²) in [5.74, 6) is 0. The third-order valence-electron chi connectivity index (χ3n) is 6.58. The van der Waals surface area contributed by atoms with E-state index in [1.54, 1.807) is 0 Å². The minimum Gasteiger partial charge on any atom is -0.378 e. The normalized spacial score (nSPS) is 18.5. The molecule has 0 saturated heterocycles. The maximum Gasteiger partial charge on any atom is 0.0918 e. The van der Waals surface area contributed by atoms with Crippen molar-refractivity contribution in [1.29, 1.82) is 0 Å². The third-order valence-corrected chi connectivity index (χ3v) is 6.82. The number of hydrogen-bond acceptors (Lipinski definition) is 4. The zero-order chi connectivity index (χ0) is 22.1. The lowest BCUT2D eigenvalue weighted by Gasteiger charge is -2.27. The second-order valence-corrected chi connectivity index (χ2v) is 9.26. The van der Waals surface area contributed by atoms with Crippen LogP contribution in [0.25, 0.3) is 16.8 Å². The first kappa shape index (κ1) is 21.2. The van der Waals surface area contributed by atoms with Crippen LogP contribution < -0.4 is 5.32 Å². The first-order valence-corrected chi connectivity index (χ1v) is 12.0.